The van der Waals surface area contributed by atoms with Gasteiger partial charge in [-0.1, -0.05) is 0 Å². The van der Waals surface area contributed by atoms with Gasteiger partial charge in [-0.25, -0.2) is 23.6 Å². The molecule has 6 heterocycles. The molecule has 1 aliphatic heterocycles. The van der Waals surface area contributed by atoms with Crippen LogP contribution in [0, 0.1) is 11.8 Å². The Morgan fingerprint density at radius 1 is 0.909 bits per heavy atom. The summed E-state index contributed by atoms with van der Waals surface area (Å²) >= 11 is 0. The molecule has 0 aromatic carbocycles. The van der Waals surface area contributed by atoms with Crippen LogP contribution in [-0.4, -0.2) is 40.9 Å². The molecule has 1 atom stereocenters. The quantitative estimate of drug-likeness (QED) is 0.390. The number of hydrogen-bond acceptors (Lipinski definition) is 6. The molecule has 10 heteroatoms. The lowest BCUT2D eigenvalue weighted by Gasteiger charge is -2.25. The lowest BCUT2D eigenvalue weighted by atomic mass is 10.1. The maximum atomic E-state index is 14.4. The van der Waals surface area contributed by atoms with Crippen LogP contribution in [0.4, 0.5) is 14.6 Å². The SMILES string of the molecule is Fc1ccc(F)c([C@H]2CCCN2c2ccn3ncc(-n4cc(-c5ccncc5)cn4)c3n2)n1. The van der Waals surface area contributed by atoms with E-state index in [1.807, 2.05) is 29.3 Å². The number of rotatable bonds is 4. The Bertz CT molecular complexity index is 1450. The Kier molecular flexibility index (Phi) is 4.56. The summed E-state index contributed by atoms with van der Waals surface area (Å²) in [4.78, 5) is 14.7. The molecular formula is C23H18F2N8. The van der Waals surface area contributed by atoms with E-state index in [2.05, 4.69) is 20.2 Å². The zero-order valence-electron chi connectivity index (χ0n) is 17.4. The van der Waals surface area contributed by atoms with E-state index in [9.17, 15) is 8.78 Å². The van der Waals surface area contributed by atoms with Crippen molar-refractivity contribution in [3.63, 3.8) is 0 Å². The lowest BCUT2D eigenvalue weighted by molar-refractivity contribution is 0.518. The fraction of sp³-hybridized carbons (Fsp3) is 0.174. The number of hydrogen-bond donors (Lipinski definition) is 0. The van der Waals surface area contributed by atoms with Crippen molar-refractivity contribution in [2.75, 3.05) is 11.4 Å². The molecule has 164 valence electrons. The second-order valence-corrected chi connectivity index (χ2v) is 7.85. The Labute approximate surface area is 187 Å². The molecule has 0 N–H and O–H groups in total. The van der Waals surface area contributed by atoms with E-state index in [4.69, 9.17) is 4.98 Å². The molecule has 1 aliphatic rings. The van der Waals surface area contributed by atoms with Gasteiger partial charge < -0.3 is 4.90 Å². The van der Waals surface area contributed by atoms with E-state index in [0.29, 0.717) is 30.1 Å². The van der Waals surface area contributed by atoms with Gasteiger partial charge in [0.15, 0.2) is 5.65 Å². The minimum atomic E-state index is -0.691. The van der Waals surface area contributed by atoms with Gasteiger partial charge in [0.25, 0.3) is 0 Å². The van der Waals surface area contributed by atoms with Crippen molar-refractivity contribution in [2.45, 2.75) is 18.9 Å². The molecule has 0 saturated carbocycles. The summed E-state index contributed by atoms with van der Waals surface area (Å²) < 4.78 is 31.6. The third-order valence-electron chi connectivity index (χ3n) is 5.88. The van der Waals surface area contributed by atoms with Gasteiger partial charge in [-0.15, -0.1) is 0 Å². The Hall–Kier alpha value is -4.21. The zero-order valence-corrected chi connectivity index (χ0v) is 17.4. The molecule has 6 rings (SSSR count). The van der Waals surface area contributed by atoms with Gasteiger partial charge in [-0.05, 0) is 48.7 Å². The smallest absolute Gasteiger partial charge is 0.213 e. The first kappa shape index (κ1) is 19.5. The molecule has 1 saturated heterocycles. The lowest BCUT2D eigenvalue weighted by Crippen LogP contribution is -2.25. The minimum absolute atomic E-state index is 0.108. The molecule has 0 radical (unpaired) electrons. The average molecular weight is 444 g/mol. The Morgan fingerprint density at radius 2 is 1.79 bits per heavy atom. The van der Waals surface area contributed by atoms with Crippen molar-refractivity contribution in [3.8, 4) is 16.8 Å². The van der Waals surface area contributed by atoms with E-state index in [1.165, 1.54) is 0 Å². The molecule has 5 aromatic rings. The first-order valence-corrected chi connectivity index (χ1v) is 10.6. The van der Waals surface area contributed by atoms with E-state index < -0.39 is 11.8 Å². The van der Waals surface area contributed by atoms with Crippen molar-refractivity contribution >= 4 is 11.5 Å². The third-order valence-corrected chi connectivity index (χ3v) is 5.88. The number of fused-ring (bicyclic) bond motifs is 1. The van der Waals surface area contributed by atoms with Crippen LogP contribution in [-0.2, 0) is 0 Å². The van der Waals surface area contributed by atoms with Crippen LogP contribution in [0.2, 0.25) is 0 Å². The molecular weight excluding hydrogens is 426 g/mol. The average Bonchev–Trinajstić information content (AvgIpc) is 3.60. The molecule has 33 heavy (non-hydrogen) atoms. The fourth-order valence-electron chi connectivity index (χ4n) is 4.31. The van der Waals surface area contributed by atoms with Gasteiger partial charge in [-0.2, -0.15) is 14.6 Å². The molecule has 0 spiro atoms. The number of halogens is 2. The van der Waals surface area contributed by atoms with Crippen molar-refractivity contribution in [2.24, 2.45) is 0 Å². The number of anilines is 1. The van der Waals surface area contributed by atoms with E-state index in [0.717, 1.165) is 29.7 Å². The van der Waals surface area contributed by atoms with Gasteiger partial charge in [0.05, 0.1) is 18.4 Å². The topological polar surface area (TPSA) is 77.0 Å². The standard InChI is InChI=1S/C23H18F2N8/c24-17-3-4-20(25)29-22(17)18-2-1-10-31(18)21-7-11-32-23(30-21)19(13-28-32)33-14-16(12-27-33)15-5-8-26-9-6-15/h3-9,11-14,18H,1-2,10H2/t18-/m1/s1. The van der Waals surface area contributed by atoms with Crippen LogP contribution in [0.5, 0.6) is 0 Å². The number of aromatic nitrogens is 7. The molecule has 5 aromatic heterocycles. The first-order chi connectivity index (χ1) is 16.2. The largest absolute Gasteiger partial charge is 0.348 e. The highest BCUT2D eigenvalue weighted by molar-refractivity contribution is 5.65. The second-order valence-electron chi connectivity index (χ2n) is 7.85. The summed E-state index contributed by atoms with van der Waals surface area (Å²) in [5.74, 6) is -0.554. The first-order valence-electron chi connectivity index (χ1n) is 10.6. The molecule has 0 amide bonds. The van der Waals surface area contributed by atoms with Crippen LogP contribution in [0.15, 0.2) is 67.5 Å². The summed E-state index contributed by atoms with van der Waals surface area (Å²) in [6.07, 6.45) is 12.2. The van der Waals surface area contributed by atoms with Crippen molar-refractivity contribution in [1.82, 2.24) is 34.3 Å². The predicted octanol–water partition coefficient (Wildman–Crippen LogP) is 3.99. The maximum Gasteiger partial charge on any atom is 0.213 e. The summed E-state index contributed by atoms with van der Waals surface area (Å²) in [5.41, 5.74) is 3.38. The van der Waals surface area contributed by atoms with Gasteiger partial charge in [0.1, 0.15) is 23.0 Å². The van der Waals surface area contributed by atoms with Crippen molar-refractivity contribution < 1.29 is 8.78 Å². The van der Waals surface area contributed by atoms with E-state index in [1.54, 1.807) is 40.2 Å². The van der Waals surface area contributed by atoms with Crippen molar-refractivity contribution in [3.05, 3.63) is 85.0 Å². The second kappa shape index (κ2) is 7.73. The molecule has 0 aliphatic carbocycles. The van der Waals surface area contributed by atoms with Gasteiger partial charge >= 0.3 is 0 Å². The highest BCUT2D eigenvalue weighted by Crippen LogP contribution is 2.36. The van der Waals surface area contributed by atoms with Gasteiger partial charge in [0.2, 0.25) is 5.95 Å². The summed E-state index contributed by atoms with van der Waals surface area (Å²) in [5, 5.41) is 8.87. The predicted molar refractivity (Wildman–Crippen MR) is 117 cm³/mol. The molecule has 8 nitrogen and oxygen atoms in total. The van der Waals surface area contributed by atoms with Crippen LogP contribution in [0.3, 0.4) is 0 Å². The highest BCUT2D eigenvalue weighted by Gasteiger charge is 2.31. The minimum Gasteiger partial charge on any atom is -0.348 e. The van der Waals surface area contributed by atoms with Crippen LogP contribution in [0.1, 0.15) is 24.6 Å². The van der Waals surface area contributed by atoms with Crippen LogP contribution < -0.4 is 4.90 Å². The monoisotopic (exact) mass is 444 g/mol. The maximum absolute atomic E-state index is 14.4. The fourth-order valence-corrected chi connectivity index (χ4v) is 4.31. The number of nitrogens with zero attached hydrogens (tertiary/aromatic N) is 8. The number of pyridine rings is 2. The molecule has 1 fully saturated rings. The molecule has 0 bridgehead atoms. The molecule has 0 unspecified atom stereocenters. The highest BCUT2D eigenvalue weighted by atomic mass is 19.1. The van der Waals surface area contributed by atoms with Gasteiger partial charge in [0, 0.05) is 36.9 Å². The summed E-state index contributed by atoms with van der Waals surface area (Å²) in [6.45, 7) is 0.670. The Balaban J connectivity index is 1.38. The van der Waals surface area contributed by atoms with E-state index in [-0.39, 0.29) is 11.7 Å². The van der Waals surface area contributed by atoms with Gasteiger partial charge in [-0.3, -0.25) is 4.98 Å². The van der Waals surface area contributed by atoms with Crippen LogP contribution >= 0.6 is 0 Å². The van der Waals surface area contributed by atoms with Crippen LogP contribution in [0.25, 0.3) is 22.5 Å². The normalized spacial score (nSPS) is 16.1. The van der Waals surface area contributed by atoms with Crippen molar-refractivity contribution in [1.29, 1.82) is 0 Å². The summed E-state index contributed by atoms with van der Waals surface area (Å²) in [7, 11) is 0. The third kappa shape index (κ3) is 3.39. The summed E-state index contributed by atoms with van der Waals surface area (Å²) in [6, 6.07) is 7.43. The van der Waals surface area contributed by atoms with E-state index >= 15 is 0 Å². The Morgan fingerprint density at radius 3 is 2.67 bits per heavy atom. The zero-order chi connectivity index (χ0) is 22.4.